The molecule has 1 fully saturated rings. The van der Waals surface area contributed by atoms with Crippen molar-refractivity contribution in [3.05, 3.63) is 52.2 Å². The molecule has 0 saturated carbocycles. The van der Waals surface area contributed by atoms with E-state index in [0.717, 1.165) is 26.9 Å². The molecule has 0 spiro atoms. The number of benzene rings is 1. The van der Waals surface area contributed by atoms with Crippen molar-refractivity contribution in [1.82, 2.24) is 9.88 Å². The van der Waals surface area contributed by atoms with Gasteiger partial charge >= 0.3 is 5.97 Å². The Morgan fingerprint density at radius 3 is 2.48 bits per heavy atom. The normalized spacial score (nSPS) is 21.0. The lowest BCUT2D eigenvalue weighted by atomic mass is 9.85. The predicted octanol–water partition coefficient (Wildman–Crippen LogP) is 3.50. The van der Waals surface area contributed by atoms with Gasteiger partial charge in [0.05, 0.1) is 17.4 Å². The zero-order chi connectivity index (χ0) is 20.7. The Bertz CT molecular complexity index is 1040. The number of carbonyl (C=O) groups excluding carboxylic acids is 3. The van der Waals surface area contributed by atoms with E-state index in [9.17, 15) is 14.4 Å². The number of aromatic nitrogens is 1. The summed E-state index contributed by atoms with van der Waals surface area (Å²) >= 11 is 6.28. The fraction of sp³-hybridized carbons (Fsp3) is 0.364. The quantitative estimate of drug-likeness (QED) is 0.332. The van der Waals surface area contributed by atoms with Gasteiger partial charge < -0.3 is 4.74 Å². The minimum absolute atomic E-state index is 0.0713. The first-order valence-corrected chi connectivity index (χ1v) is 9.95. The van der Waals surface area contributed by atoms with Gasteiger partial charge in [0.1, 0.15) is 18.3 Å². The van der Waals surface area contributed by atoms with E-state index >= 15 is 0 Å². The number of hydrogen-bond donors (Lipinski definition) is 0. The molecule has 4 rings (SSSR count). The van der Waals surface area contributed by atoms with E-state index in [1.54, 1.807) is 0 Å². The van der Waals surface area contributed by atoms with Gasteiger partial charge in [-0.3, -0.25) is 19.3 Å². The van der Waals surface area contributed by atoms with Crippen LogP contribution in [0.4, 0.5) is 0 Å². The molecule has 0 N–H and O–H groups in total. The van der Waals surface area contributed by atoms with Crippen molar-refractivity contribution in [3.8, 4) is 0 Å². The SMILES string of the molecule is Cc1ccc2cc(COC(=O)CN3C(=O)[C@H]4CC=CC[C@H]4C3=O)c(Cl)nc2c1C. The van der Waals surface area contributed by atoms with Crippen LogP contribution in [0.25, 0.3) is 10.9 Å². The molecule has 1 saturated heterocycles. The van der Waals surface area contributed by atoms with Crippen molar-refractivity contribution >= 4 is 40.3 Å². The van der Waals surface area contributed by atoms with Crippen molar-refractivity contribution in [3.63, 3.8) is 0 Å². The lowest BCUT2D eigenvalue weighted by molar-refractivity contribution is -0.153. The highest BCUT2D eigenvalue weighted by Crippen LogP contribution is 2.35. The number of imide groups is 1. The van der Waals surface area contributed by atoms with Gasteiger partial charge in [-0.2, -0.15) is 0 Å². The smallest absolute Gasteiger partial charge is 0.326 e. The van der Waals surface area contributed by atoms with Crippen LogP contribution in [0.15, 0.2) is 30.4 Å². The summed E-state index contributed by atoms with van der Waals surface area (Å²) in [6, 6.07) is 5.79. The van der Waals surface area contributed by atoms with Crippen LogP contribution < -0.4 is 0 Å². The maximum absolute atomic E-state index is 12.5. The number of nitrogens with zero attached hydrogens (tertiary/aromatic N) is 2. The second-order valence-corrected chi connectivity index (χ2v) is 7.95. The Labute approximate surface area is 173 Å². The second kappa shape index (κ2) is 7.59. The van der Waals surface area contributed by atoms with Gasteiger partial charge in [0.2, 0.25) is 11.8 Å². The maximum atomic E-state index is 12.5. The monoisotopic (exact) mass is 412 g/mol. The lowest BCUT2D eigenvalue weighted by Crippen LogP contribution is -2.36. The summed E-state index contributed by atoms with van der Waals surface area (Å²) in [7, 11) is 0. The number of hydrogen-bond acceptors (Lipinski definition) is 5. The molecule has 2 atom stereocenters. The highest BCUT2D eigenvalue weighted by atomic mass is 35.5. The van der Waals surface area contributed by atoms with Crippen LogP contribution in [0.5, 0.6) is 0 Å². The molecule has 29 heavy (non-hydrogen) atoms. The third-order valence-electron chi connectivity index (χ3n) is 5.81. The van der Waals surface area contributed by atoms with Crippen molar-refractivity contribution in [2.24, 2.45) is 11.8 Å². The molecule has 0 bridgehead atoms. The Hall–Kier alpha value is -2.73. The molecule has 1 aliphatic heterocycles. The highest BCUT2D eigenvalue weighted by Gasteiger charge is 2.47. The van der Waals surface area contributed by atoms with E-state index in [4.69, 9.17) is 16.3 Å². The Kier molecular flexibility index (Phi) is 5.13. The standard InChI is InChI=1S/C22H21ClN2O4/c1-12-7-8-14-9-15(20(23)24-19(14)13(12)2)11-29-18(26)10-25-21(27)16-5-3-4-6-17(16)22(25)28/h3-4,7-9,16-17H,5-6,10-11H2,1-2H3/t16-,17+. The van der Waals surface area contributed by atoms with Crippen LogP contribution in [0.2, 0.25) is 5.15 Å². The van der Waals surface area contributed by atoms with Crippen LogP contribution in [-0.2, 0) is 25.7 Å². The Morgan fingerprint density at radius 2 is 1.83 bits per heavy atom. The first-order valence-electron chi connectivity index (χ1n) is 9.58. The van der Waals surface area contributed by atoms with E-state index in [0.29, 0.717) is 18.4 Å². The van der Waals surface area contributed by atoms with Crippen molar-refractivity contribution in [2.45, 2.75) is 33.3 Å². The molecule has 2 aliphatic rings. The van der Waals surface area contributed by atoms with Crippen LogP contribution in [0.3, 0.4) is 0 Å². The van der Waals surface area contributed by atoms with Crippen LogP contribution in [0, 0.1) is 25.7 Å². The fourth-order valence-corrected chi connectivity index (χ4v) is 4.16. The van der Waals surface area contributed by atoms with E-state index in [2.05, 4.69) is 4.98 Å². The summed E-state index contributed by atoms with van der Waals surface area (Å²) in [6.45, 7) is 3.55. The number of halogens is 1. The number of aryl methyl sites for hydroxylation is 2. The summed E-state index contributed by atoms with van der Waals surface area (Å²) in [5, 5.41) is 1.18. The molecular weight excluding hydrogens is 392 g/mol. The molecule has 1 aliphatic carbocycles. The molecule has 2 heterocycles. The highest BCUT2D eigenvalue weighted by molar-refractivity contribution is 6.30. The Balaban J connectivity index is 1.44. The maximum Gasteiger partial charge on any atom is 0.326 e. The number of esters is 1. The molecule has 1 aromatic heterocycles. The minimum Gasteiger partial charge on any atom is -0.459 e. The van der Waals surface area contributed by atoms with Gasteiger partial charge in [0, 0.05) is 10.9 Å². The van der Waals surface area contributed by atoms with E-state index in [1.807, 2.05) is 44.2 Å². The average molecular weight is 413 g/mol. The third kappa shape index (κ3) is 3.53. The molecular formula is C22H21ClN2O4. The van der Waals surface area contributed by atoms with Crippen LogP contribution >= 0.6 is 11.6 Å². The third-order valence-corrected chi connectivity index (χ3v) is 6.14. The summed E-state index contributed by atoms with van der Waals surface area (Å²) < 4.78 is 5.30. The Morgan fingerprint density at radius 1 is 1.17 bits per heavy atom. The van der Waals surface area contributed by atoms with Crippen LogP contribution in [-0.4, -0.2) is 34.2 Å². The number of amides is 2. The van der Waals surface area contributed by atoms with Crippen molar-refractivity contribution < 1.29 is 19.1 Å². The van der Waals surface area contributed by atoms with Crippen molar-refractivity contribution in [1.29, 1.82) is 0 Å². The molecule has 7 heteroatoms. The van der Waals surface area contributed by atoms with E-state index in [-0.39, 0.29) is 42.0 Å². The van der Waals surface area contributed by atoms with Crippen LogP contribution in [0.1, 0.15) is 29.5 Å². The molecule has 6 nitrogen and oxygen atoms in total. The first-order chi connectivity index (χ1) is 13.9. The molecule has 2 amide bonds. The number of likely N-dealkylation sites (tertiary alicyclic amines) is 1. The van der Waals surface area contributed by atoms with Gasteiger partial charge in [0.25, 0.3) is 0 Å². The number of pyridine rings is 1. The zero-order valence-corrected chi connectivity index (χ0v) is 17.0. The lowest BCUT2D eigenvalue weighted by Gasteiger charge is -2.14. The first kappa shape index (κ1) is 19.6. The molecule has 150 valence electrons. The number of fused-ring (bicyclic) bond motifs is 2. The number of ether oxygens (including phenoxy) is 1. The van der Waals surface area contributed by atoms with Gasteiger partial charge in [-0.25, -0.2) is 4.98 Å². The largest absolute Gasteiger partial charge is 0.459 e. The summed E-state index contributed by atoms with van der Waals surface area (Å²) in [5.41, 5.74) is 3.56. The minimum atomic E-state index is -0.644. The molecule has 2 aromatic rings. The van der Waals surface area contributed by atoms with E-state index < -0.39 is 5.97 Å². The van der Waals surface area contributed by atoms with Gasteiger partial charge in [-0.15, -0.1) is 0 Å². The average Bonchev–Trinajstić information content (AvgIpc) is 2.95. The summed E-state index contributed by atoms with van der Waals surface area (Å²) in [5.74, 6) is -1.94. The van der Waals surface area contributed by atoms with Gasteiger partial charge in [0.15, 0.2) is 0 Å². The van der Waals surface area contributed by atoms with Gasteiger partial charge in [-0.05, 0) is 43.9 Å². The second-order valence-electron chi connectivity index (χ2n) is 7.60. The molecule has 0 radical (unpaired) electrons. The number of allylic oxidation sites excluding steroid dienone is 2. The fourth-order valence-electron chi connectivity index (χ4n) is 3.96. The number of rotatable bonds is 4. The topological polar surface area (TPSA) is 76.6 Å². The van der Waals surface area contributed by atoms with Crippen molar-refractivity contribution in [2.75, 3.05) is 6.54 Å². The molecule has 0 unspecified atom stereocenters. The summed E-state index contributed by atoms with van der Waals surface area (Å²) in [4.78, 5) is 42.7. The van der Waals surface area contributed by atoms with E-state index in [1.165, 1.54) is 0 Å². The zero-order valence-electron chi connectivity index (χ0n) is 16.3. The number of carbonyl (C=O) groups is 3. The predicted molar refractivity (Wildman–Crippen MR) is 108 cm³/mol. The van der Waals surface area contributed by atoms with Gasteiger partial charge in [-0.1, -0.05) is 35.9 Å². The summed E-state index contributed by atoms with van der Waals surface area (Å²) in [6.07, 6.45) is 4.90. The molecule has 1 aromatic carbocycles.